The van der Waals surface area contributed by atoms with Crippen LogP contribution in [0.2, 0.25) is 5.02 Å². The van der Waals surface area contributed by atoms with Crippen LogP contribution in [0.15, 0.2) is 36.4 Å². The number of nitrogens with one attached hydrogen (secondary N) is 2. The number of ether oxygens (including phenoxy) is 2. The summed E-state index contributed by atoms with van der Waals surface area (Å²) in [6, 6.07) is 11.2. The maximum atomic E-state index is 11.9. The van der Waals surface area contributed by atoms with Crippen molar-refractivity contribution >= 4 is 40.6 Å². The molecule has 0 fully saturated rings. The molecular formula is C22H25ClN2O3S. The highest BCUT2D eigenvalue weighted by atomic mass is 35.5. The molecule has 0 saturated heterocycles. The molecule has 2 aromatic rings. The summed E-state index contributed by atoms with van der Waals surface area (Å²) >= 11 is 11.8. The quantitative estimate of drug-likeness (QED) is 0.497. The van der Waals surface area contributed by atoms with E-state index in [9.17, 15) is 4.79 Å². The molecule has 1 aliphatic rings. The summed E-state index contributed by atoms with van der Waals surface area (Å²) in [6.45, 7) is 8.24. The van der Waals surface area contributed by atoms with Gasteiger partial charge >= 0.3 is 5.97 Å². The van der Waals surface area contributed by atoms with Crippen LogP contribution in [0.25, 0.3) is 0 Å². The first-order valence-electron chi connectivity index (χ1n) is 9.52. The van der Waals surface area contributed by atoms with Crippen molar-refractivity contribution in [1.29, 1.82) is 0 Å². The number of thiocarbonyl (C=S) groups is 1. The Morgan fingerprint density at radius 1 is 1.31 bits per heavy atom. The zero-order valence-corrected chi connectivity index (χ0v) is 18.5. The fourth-order valence-electron chi connectivity index (χ4n) is 3.40. The smallest absolute Gasteiger partial charge is 0.339 e. The monoisotopic (exact) mass is 432 g/mol. The molecule has 1 atom stereocenters. The normalized spacial score (nSPS) is 16.9. The Morgan fingerprint density at radius 3 is 2.76 bits per heavy atom. The molecule has 2 N–H and O–H groups in total. The van der Waals surface area contributed by atoms with Gasteiger partial charge in [0, 0.05) is 17.7 Å². The van der Waals surface area contributed by atoms with E-state index in [1.54, 1.807) is 25.1 Å². The van der Waals surface area contributed by atoms with Gasteiger partial charge in [-0.15, -0.1) is 0 Å². The molecule has 0 spiro atoms. The SMILES string of the molecule is CCOC(=O)c1ccc(NC(=S)N[C@@H]2CC(C)(C)Oc3ccc(C)cc32)cc1Cl. The van der Waals surface area contributed by atoms with Crippen LogP contribution < -0.4 is 15.4 Å². The highest BCUT2D eigenvalue weighted by Crippen LogP contribution is 2.39. The van der Waals surface area contributed by atoms with Gasteiger partial charge in [0.25, 0.3) is 0 Å². The third-order valence-electron chi connectivity index (χ3n) is 4.65. The van der Waals surface area contributed by atoms with E-state index in [0.717, 1.165) is 17.7 Å². The van der Waals surface area contributed by atoms with E-state index in [2.05, 4.69) is 37.5 Å². The Labute approximate surface area is 181 Å². The van der Waals surface area contributed by atoms with Crippen LogP contribution in [0.3, 0.4) is 0 Å². The number of benzene rings is 2. The van der Waals surface area contributed by atoms with Gasteiger partial charge in [-0.05, 0) is 64.2 Å². The van der Waals surface area contributed by atoms with Crippen LogP contribution in [-0.4, -0.2) is 23.3 Å². The molecule has 5 nitrogen and oxygen atoms in total. The zero-order chi connectivity index (χ0) is 21.2. The molecule has 1 heterocycles. The lowest BCUT2D eigenvalue weighted by Gasteiger charge is -2.38. The number of carbonyl (C=O) groups is 1. The van der Waals surface area contributed by atoms with Crippen molar-refractivity contribution in [3.63, 3.8) is 0 Å². The van der Waals surface area contributed by atoms with Crippen molar-refractivity contribution in [3.8, 4) is 5.75 Å². The van der Waals surface area contributed by atoms with Gasteiger partial charge in [0.15, 0.2) is 5.11 Å². The van der Waals surface area contributed by atoms with Crippen LogP contribution in [-0.2, 0) is 4.74 Å². The molecule has 0 saturated carbocycles. The average Bonchev–Trinajstić information content (AvgIpc) is 2.62. The molecule has 2 aromatic carbocycles. The van der Waals surface area contributed by atoms with Crippen LogP contribution in [0.1, 0.15) is 54.7 Å². The van der Waals surface area contributed by atoms with Gasteiger partial charge in [0.05, 0.1) is 23.2 Å². The van der Waals surface area contributed by atoms with Gasteiger partial charge in [-0.25, -0.2) is 4.79 Å². The van der Waals surface area contributed by atoms with Crippen LogP contribution >= 0.6 is 23.8 Å². The van der Waals surface area contributed by atoms with Crippen molar-refractivity contribution in [2.75, 3.05) is 11.9 Å². The largest absolute Gasteiger partial charge is 0.487 e. The highest BCUT2D eigenvalue weighted by Gasteiger charge is 2.34. The second kappa shape index (κ2) is 8.59. The van der Waals surface area contributed by atoms with Crippen molar-refractivity contribution in [2.24, 2.45) is 0 Å². The first-order valence-corrected chi connectivity index (χ1v) is 10.3. The molecule has 7 heteroatoms. The van der Waals surface area contributed by atoms with Gasteiger partial charge in [-0.2, -0.15) is 0 Å². The molecule has 154 valence electrons. The molecule has 0 bridgehead atoms. The minimum Gasteiger partial charge on any atom is -0.487 e. The summed E-state index contributed by atoms with van der Waals surface area (Å²) in [5.74, 6) is 0.426. The van der Waals surface area contributed by atoms with Crippen molar-refractivity contribution < 1.29 is 14.3 Å². The first kappa shape index (κ1) is 21.4. The van der Waals surface area contributed by atoms with Crippen molar-refractivity contribution in [1.82, 2.24) is 5.32 Å². The first-order chi connectivity index (χ1) is 13.7. The summed E-state index contributed by atoms with van der Waals surface area (Å²) in [5, 5.41) is 7.32. The van der Waals surface area contributed by atoms with Gasteiger partial charge < -0.3 is 20.1 Å². The number of esters is 1. The second-order valence-corrected chi connectivity index (χ2v) is 8.49. The van der Waals surface area contributed by atoms with Gasteiger partial charge in [-0.3, -0.25) is 0 Å². The lowest BCUT2D eigenvalue weighted by Crippen LogP contribution is -2.42. The van der Waals surface area contributed by atoms with E-state index in [0.29, 0.717) is 28.0 Å². The van der Waals surface area contributed by atoms with Gasteiger partial charge in [-0.1, -0.05) is 29.3 Å². The number of halogens is 1. The minimum absolute atomic E-state index is 0.0166. The molecule has 0 aliphatic carbocycles. The number of carbonyl (C=O) groups excluding carboxylic acids is 1. The predicted molar refractivity (Wildman–Crippen MR) is 120 cm³/mol. The summed E-state index contributed by atoms with van der Waals surface area (Å²) in [7, 11) is 0. The maximum Gasteiger partial charge on any atom is 0.339 e. The standard InChI is InChI=1S/C22H25ClN2O3S/c1-5-27-20(26)15-8-7-14(11-17(15)23)24-21(29)25-18-12-22(3,4)28-19-9-6-13(2)10-16(18)19/h6-11,18H,5,12H2,1-4H3,(H2,24,25,29)/t18-/m1/s1. The summed E-state index contributed by atoms with van der Waals surface area (Å²) in [5.41, 5.74) is 2.97. The summed E-state index contributed by atoms with van der Waals surface area (Å²) in [6.07, 6.45) is 0.772. The Balaban J connectivity index is 1.73. The van der Waals surface area contributed by atoms with E-state index in [1.807, 2.05) is 12.1 Å². The molecule has 29 heavy (non-hydrogen) atoms. The van der Waals surface area contributed by atoms with E-state index in [1.165, 1.54) is 5.56 Å². The molecule has 1 aliphatic heterocycles. The molecule has 0 unspecified atom stereocenters. The van der Waals surface area contributed by atoms with Crippen molar-refractivity contribution in [2.45, 2.75) is 45.8 Å². The number of anilines is 1. The molecule has 3 rings (SSSR count). The fourth-order valence-corrected chi connectivity index (χ4v) is 3.91. The van der Waals surface area contributed by atoms with Gasteiger partial charge in [0.2, 0.25) is 0 Å². The molecule has 0 amide bonds. The minimum atomic E-state index is -0.443. The maximum absolute atomic E-state index is 11.9. The third kappa shape index (κ3) is 5.19. The van der Waals surface area contributed by atoms with E-state index in [4.69, 9.17) is 33.3 Å². The fraction of sp³-hybridized carbons (Fsp3) is 0.364. The molecule has 0 radical (unpaired) electrons. The number of hydrogen-bond acceptors (Lipinski definition) is 4. The second-order valence-electron chi connectivity index (χ2n) is 7.67. The van der Waals surface area contributed by atoms with E-state index in [-0.39, 0.29) is 11.6 Å². The average molecular weight is 433 g/mol. The zero-order valence-electron chi connectivity index (χ0n) is 17.0. The Kier molecular flexibility index (Phi) is 6.34. The topological polar surface area (TPSA) is 59.6 Å². The Morgan fingerprint density at radius 2 is 2.07 bits per heavy atom. The molecular weight excluding hydrogens is 408 g/mol. The number of rotatable bonds is 4. The summed E-state index contributed by atoms with van der Waals surface area (Å²) in [4.78, 5) is 11.9. The van der Waals surface area contributed by atoms with Gasteiger partial charge in [0.1, 0.15) is 11.4 Å². The van der Waals surface area contributed by atoms with Crippen LogP contribution in [0.5, 0.6) is 5.75 Å². The number of aryl methyl sites for hydroxylation is 1. The number of fused-ring (bicyclic) bond motifs is 1. The highest BCUT2D eigenvalue weighted by molar-refractivity contribution is 7.80. The third-order valence-corrected chi connectivity index (χ3v) is 5.18. The van der Waals surface area contributed by atoms with Crippen LogP contribution in [0, 0.1) is 6.92 Å². The summed E-state index contributed by atoms with van der Waals surface area (Å²) < 4.78 is 11.1. The van der Waals surface area contributed by atoms with E-state index < -0.39 is 5.97 Å². The predicted octanol–water partition coefficient (Wildman–Crippen LogP) is 5.41. The van der Waals surface area contributed by atoms with Crippen molar-refractivity contribution in [3.05, 3.63) is 58.1 Å². The van der Waals surface area contributed by atoms with E-state index >= 15 is 0 Å². The lowest BCUT2D eigenvalue weighted by molar-refractivity contribution is 0.0526. The lowest BCUT2D eigenvalue weighted by atomic mass is 9.89. The molecule has 0 aromatic heterocycles. The Hall–Kier alpha value is -2.31. The Bertz CT molecular complexity index is 946. The number of hydrogen-bond donors (Lipinski definition) is 2. The van der Waals surface area contributed by atoms with Crippen LogP contribution in [0.4, 0.5) is 5.69 Å².